The van der Waals surface area contributed by atoms with E-state index in [9.17, 15) is 4.21 Å². The van der Waals surface area contributed by atoms with Gasteiger partial charge in [-0.1, -0.05) is 23.2 Å². The second kappa shape index (κ2) is 5.11. The summed E-state index contributed by atoms with van der Waals surface area (Å²) in [5.74, 6) is 0. The largest absolute Gasteiger partial charge is 0.234 e. The van der Waals surface area contributed by atoms with E-state index in [1.54, 1.807) is 6.21 Å². The molecule has 1 aromatic carbocycles. The number of hydrogen-bond donors (Lipinski definition) is 0. The number of benzene rings is 1. The molecule has 0 radical (unpaired) electrons. The summed E-state index contributed by atoms with van der Waals surface area (Å²) in [6.07, 6.45) is 1.58. The molecule has 1 unspecified atom stereocenters. The lowest BCUT2D eigenvalue weighted by atomic mass is 10.1. The molecule has 0 fully saturated rings. The number of halogens is 1. The highest BCUT2D eigenvalue weighted by atomic mass is 35.5. The summed E-state index contributed by atoms with van der Waals surface area (Å²) in [5.41, 5.74) is 1.91. The molecule has 1 rings (SSSR count). The Balaban J connectivity index is 2.93. The van der Waals surface area contributed by atoms with Crippen LogP contribution in [0.3, 0.4) is 0 Å². The van der Waals surface area contributed by atoms with Gasteiger partial charge in [0.1, 0.15) is 11.0 Å². The van der Waals surface area contributed by atoms with Gasteiger partial charge in [-0.25, -0.2) is 4.21 Å². The van der Waals surface area contributed by atoms with Crippen molar-refractivity contribution in [2.24, 2.45) is 4.40 Å². The highest BCUT2D eigenvalue weighted by Crippen LogP contribution is 2.17. The van der Waals surface area contributed by atoms with Gasteiger partial charge < -0.3 is 0 Å². The van der Waals surface area contributed by atoms with E-state index in [0.717, 1.165) is 11.1 Å². The fraction of sp³-hybridized carbons (Fsp3) is 0.417. The smallest absolute Gasteiger partial charge is 0.144 e. The maximum atomic E-state index is 11.7. The van der Waals surface area contributed by atoms with Gasteiger partial charge in [0.25, 0.3) is 0 Å². The Morgan fingerprint density at radius 3 is 2.56 bits per heavy atom. The summed E-state index contributed by atoms with van der Waals surface area (Å²) in [4.78, 5) is 0. The first-order valence-electron chi connectivity index (χ1n) is 5.03. The first-order valence-corrected chi connectivity index (χ1v) is 6.51. The molecule has 0 N–H and O–H groups in total. The van der Waals surface area contributed by atoms with Gasteiger partial charge >= 0.3 is 0 Å². The topological polar surface area (TPSA) is 29.4 Å². The van der Waals surface area contributed by atoms with Gasteiger partial charge in [0.15, 0.2) is 0 Å². The van der Waals surface area contributed by atoms with Gasteiger partial charge in [0.05, 0.1) is 4.75 Å². The van der Waals surface area contributed by atoms with E-state index >= 15 is 0 Å². The SMILES string of the molecule is Cc1ccc(Cl)c(C=NS(=O)C(C)(C)C)c1. The van der Waals surface area contributed by atoms with Gasteiger partial charge in [-0.2, -0.15) is 4.40 Å². The molecule has 0 bridgehead atoms. The number of aryl methyl sites for hydroxylation is 1. The lowest BCUT2D eigenvalue weighted by Crippen LogP contribution is -2.19. The molecule has 1 aromatic rings. The highest BCUT2D eigenvalue weighted by Gasteiger charge is 2.18. The van der Waals surface area contributed by atoms with Crippen molar-refractivity contribution < 1.29 is 4.21 Å². The zero-order valence-corrected chi connectivity index (χ0v) is 11.5. The van der Waals surface area contributed by atoms with E-state index in [1.807, 2.05) is 45.9 Å². The lowest BCUT2D eigenvalue weighted by Gasteiger charge is -2.12. The minimum atomic E-state index is -1.24. The summed E-state index contributed by atoms with van der Waals surface area (Å²) >= 11 is 6.00. The van der Waals surface area contributed by atoms with Crippen LogP contribution in [0.25, 0.3) is 0 Å². The second-order valence-corrected chi connectivity index (χ2v) is 6.96. The predicted octanol–water partition coefficient (Wildman–Crippen LogP) is 3.53. The standard InChI is InChI=1S/C12H16ClNOS/c1-9-5-6-11(13)10(7-9)8-14-16(15)12(2,3)4/h5-8H,1-4H3. The molecule has 4 heteroatoms. The van der Waals surface area contributed by atoms with Crippen LogP contribution < -0.4 is 0 Å². The van der Waals surface area contributed by atoms with Crippen LogP contribution in [0.2, 0.25) is 5.02 Å². The van der Waals surface area contributed by atoms with Crippen LogP contribution in [0.4, 0.5) is 0 Å². The first kappa shape index (κ1) is 13.4. The maximum absolute atomic E-state index is 11.7. The zero-order chi connectivity index (χ0) is 12.3. The van der Waals surface area contributed by atoms with Crippen molar-refractivity contribution in [3.63, 3.8) is 0 Å². The van der Waals surface area contributed by atoms with Crippen molar-refractivity contribution in [2.45, 2.75) is 32.4 Å². The molecule has 0 aliphatic rings. The Morgan fingerprint density at radius 2 is 2.00 bits per heavy atom. The molecule has 0 saturated carbocycles. The Hall–Kier alpha value is -0.670. The molecule has 0 aliphatic carbocycles. The lowest BCUT2D eigenvalue weighted by molar-refractivity contribution is 0.651. The fourth-order valence-electron chi connectivity index (χ4n) is 1.02. The van der Waals surface area contributed by atoms with Gasteiger partial charge in [0.2, 0.25) is 0 Å². The molecule has 0 aromatic heterocycles. The van der Waals surface area contributed by atoms with Gasteiger partial charge in [-0.15, -0.1) is 0 Å². The zero-order valence-electron chi connectivity index (χ0n) is 9.95. The van der Waals surface area contributed by atoms with Crippen molar-refractivity contribution in [3.8, 4) is 0 Å². The number of rotatable bonds is 2. The molecule has 2 nitrogen and oxygen atoms in total. The normalized spacial score (nSPS) is 14.3. The van der Waals surface area contributed by atoms with Gasteiger partial charge in [0, 0.05) is 16.8 Å². The van der Waals surface area contributed by atoms with Crippen molar-refractivity contribution in [3.05, 3.63) is 34.3 Å². The van der Waals surface area contributed by atoms with E-state index in [-0.39, 0.29) is 4.75 Å². The van der Waals surface area contributed by atoms with Crippen LogP contribution in [0, 0.1) is 6.92 Å². The van der Waals surface area contributed by atoms with Gasteiger partial charge in [-0.3, -0.25) is 0 Å². The summed E-state index contributed by atoms with van der Waals surface area (Å²) < 4.78 is 15.4. The van der Waals surface area contributed by atoms with E-state index in [4.69, 9.17) is 11.6 Å². The van der Waals surface area contributed by atoms with Crippen molar-refractivity contribution in [2.75, 3.05) is 0 Å². The third-order valence-corrected chi connectivity index (χ3v) is 3.65. The van der Waals surface area contributed by atoms with Crippen LogP contribution in [-0.4, -0.2) is 15.2 Å². The third-order valence-electron chi connectivity index (χ3n) is 1.96. The van der Waals surface area contributed by atoms with E-state index in [0.29, 0.717) is 5.02 Å². The quantitative estimate of drug-likeness (QED) is 0.746. The summed E-state index contributed by atoms with van der Waals surface area (Å²) in [7, 11) is -1.24. The summed E-state index contributed by atoms with van der Waals surface area (Å²) in [6.45, 7) is 7.64. The van der Waals surface area contributed by atoms with Crippen LogP contribution >= 0.6 is 11.6 Å². The Morgan fingerprint density at radius 1 is 1.38 bits per heavy atom. The molecule has 0 heterocycles. The van der Waals surface area contributed by atoms with Crippen LogP contribution in [-0.2, 0) is 11.0 Å². The maximum Gasteiger partial charge on any atom is 0.144 e. The van der Waals surface area contributed by atoms with E-state index in [1.165, 1.54) is 0 Å². The molecule has 88 valence electrons. The second-order valence-electron chi connectivity index (χ2n) is 4.62. The fourth-order valence-corrected chi connectivity index (χ4v) is 1.72. The van der Waals surface area contributed by atoms with Crippen molar-refractivity contribution >= 4 is 28.8 Å². The van der Waals surface area contributed by atoms with E-state index < -0.39 is 11.0 Å². The van der Waals surface area contributed by atoms with Crippen molar-refractivity contribution in [1.29, 1.82) is 0 Å². The average Bonchev–Trinajstić information content (AvgIpc) is 2.17. The molecule has 0 spiro atoms. The molecular weight excluding hydrogens is 242 g/mol. The number of nitrogens with zero attached hydrogens (tertiary/aromatic N) is 1. The Kier molecular flexibility index (Phi) is 4.28. The Labute approximate surface area is 104 Å². The summed E-state index contributed by atoms with van der Waals surface area (Å²) in [6, 6.07) is 5.67. The highest BCUT2D eigenvalue weighted by molar-refractivity contribution is 7.85. The average molecular weight is 258 g/mol. The number of hydrogen-bond acceptors (Lipinski definition) is 1. The van der Waals surface area contributed by atoms with Crippen molar-refractivity contribution in [1.82, 2.24) is 0 Å². The van der Waals surface area contributed by atoms with Crippen LogP contribution in [0.1, 0.15) is 31.9 Å². The van der Waals surface area contributed by atoms with E-state index in [2.05, 4.69) is 4.40 Å². The minimum Gasteiger partial charge on any atom is -0.234 e. The van der Waals surface area contributed by atoms with Crippen LogP contribution in [0.15, 0.2) is 22.6 Å². The Bertz CT molecular complexity index is 435. The molecular formula is C12H16ClNOS. The molecule has 16 heavy (non-hydrogen) atoms. The monoisotopic (exact) mass is 257 g/mol. The van der Waals surface area contributed by atoms with Crippen LogP contribution in [0.5, 0.6) is 0 Å². The molecule has 1 atom stereocenters. The first-order chi connectivity index (χ1) is 7.30. The molecule has 0 amide bonds. The predicted molar refractivity (Wildman–Crippen MR) is 71.7 cm³/mol. The van der Waals surface area contributed by atoms with Gasteiger partial charge in [-0.05, 0) is 39.8 Å². The third kappa shape index (κ3) is 3.72. The minimum absolute atomic E-state index is 0.340. The molecule has 0 aliphatic heterocycles. The summed E-state index contributed by atoms with van der Waals surface area (Å²) in [5, 5.41) is 0.625. The molecule has 0 saturated heterocycles.